The van der Waals surface area contributed by atoms with Crippen LogP contribution in [0.3, 0.4) is 0 Å². The molecular formula is C13H20O. The van der Waals surface area contributed by atoms with Crippen LogP contribution in [-0.4, -0.2) is 11.2 Å². The van der Waals surface area contributed by atoms with Crippen LogP contribution in [0.5, 0.6) is 0 Å². The predicted molar refractivity (Wildman–Crippen MR) is 60.4 cm³/mol. The van der Waals surface area contributed by atoms with Gasteiger partial charge in [0.05, 0.1) is 6.10 Å². The summed E-state index contributed by atoms with van der Waals surface area (Å²) in [7, 11) is 0. The third-order valence-electron chi connectivity index (χ3n) is 3.29. The van der Waals surface area contributed by atoms with E-state index in [1.54, 1.807) is 0 Å². The van der Waals surface area contributed by atoms with Crippen LogP contribution in [0.2, 0.25) is 0 Å². The lowest BCUT2D eigenvalue weighted by Gasteiger charge is -2.33. The predicted octanol–water partition coefficient (Wildman–Crippen LogP) is 3.13. The summed E-state index contributed by atoms with van der Waals surface area (Å²) in [4.78, 5) is 0. The Balaban J connectivity index is 3.01. The second-order valence-electron chi connectivity index (χ2n) is 4.06. The van der Waals surface area contributed by atoms with E-state index < -0.39 is 0 Å². The minimum absolute atomic E-state index is 0.101. The van der Waals surface area contributed by atoms with Crippen LogP contribution in [0, 0.1) is 0 Å². The lowest BCUT2D eigenvalue weighted by Crippen LogP contribution is -2.35. The van der Waals surface area contributed by atoms with Crippen molar-refractivity contribution in [2.75, 3.05) is 0 Å². The van der Waals surface area contributed by atoms with Crippen LogP contribution in [0.25, 0.3) is 0 Å². The van der Waals surface area contributed by atoms with Gasteiger partial charge in [-0.05, 0) is 18.4 Å². The minimum Gasteiger partial charge on any atom is -0.392 e. The first-order valence-corrected chi connectivity index (χ1v) is 5.38. The number of hydrogen-bond donors (Lipinski definition) is 1. The Labute approximate surface area is 86.8 Å². The van der Waals surface area contributed by atoms with Crippen LogP contribution >= 0.6 is 0 Å². The van der Waals surface area contributed by atoms with Gasteiger partial charge in [0.15, 0.2) is 0 Å². The topological polar surface area (TPSA) is 20.2 Å². The van der Waals surface area contributed by atoms with Crippen molar-refractivity contribution in [2.24, 2.45) is 0 Å². The van der Waals surface area contributed by atoms with E-state index in [1.165, 1.54) is 5.56 Å². The highest BCUT2D eigenvalue weighted by Crippen LogP contribution is 2.32. The fourth-order valence-electron chi connectivity index (χ4n) is 1.90. The summed E-state index contributed by atoms with van der Waals surface area (Å²) in [6.07, 6.45) is 1.51. The summed E-state index contributed by atoms with van der Waals surface area (Å²) in [5.41, 5.74) is 1.13. The maximum Gasteiger partial charge on any atom is 0.0631 e. The Morgan fingerprint density at radius 2 is 1.79 bits per heavy atom. The van der Waals surface area contributed by atoms with Crippen molar-refractivity contribution in [3.8, 4) is 0 Å². The van der Waals surface area contributed by atoms with Gasteiger partial charge in [-0.2, -0.15) is 0 Å². The molecule has 2 atom stereocenters. The van der Waals surface area contributed by atoms with E-state index in [-0.39, 0.29) is 11.5 Å². The summed E-state index contributed by atoms with van der Waals surface area (Å²) < 4.78 is 0. The third-order valence-corrected chi connectivity index (χ3v) is 3.29. The molecule has 0 radical (unpaired) electrons. The summed E-state index contributed by atoms with van der Waals surface area (Å²) in [6.45, 7) is 6.30. The molecule has 0 heterocycles. The van der Waals surface area contributed by atoms with Gasteiger partial charge in [0.1, 0.15) is 0 Å². The van der Waals surface area contributed by atoms with Gasteiger partial charge < -0.3 is 5.11 Å². The molecule has 1 rings (SSSR count). The molecular weight excluding hydrogens is 172 g/mol. The largest absolute Gasteiger partial charge is 0.392 e. The van der Waals surface area contributed by atoms with Gasteiger partial charge >= 0.3 is 0 Å². The van der Waals surface area contributed by atoms with Crippen molar-refractivity contribution < 1.29 is 5.11 Å². The summed E-state index contributed by atoms with van der Waals surface area (Å²) in [6, 6.07) is 10.3. The molecule has 1 aromatic carbocycles. The second-order valence-corrected chi connectivity index (χ2v) is 4.06. The summed E-state index contributed by atoms with van der Waals surface area (Å²) in [5.74, 6) is 0. The van der Waals surface area contributed by atoms with Crippen molar-refractivity contribution in [1.82, 2.24) is 0 Å². The third kappa shape index (κ3) is 1.98. The van der Waals surface area contributed by atoms with Crippen LogP contribution in [0.4, 0.5) is 0 Å². The molecule has 1 aromatic rings. The van der Waals surface area contributed by atoms with E-state index >= 15 is 0 Å². The molecule has 0 fully saturated rings. The first-order chi connectivity index (χ1) is 6.65. The van der Waals surface area contributed by atoms with Gasteiger partial charge in [0.25, 0.3) is 0 Å². The van der Waals surface area contributed by atoms with E-state index in [0.717, 1.165) is 12.8 Å². The fourth-order valence-corrected chi connectivity index (χ4v) is 1.90. The van der Waals surface area contributed by atoms with Gasteiger partial charge in [-0.15, -0.1) is 0 Å². The Morgan fingerprint density at radius 1 is 1.21 bits per heavy atom. The van der Waals surface area contributed by atoms with E-state index in [1.807, 2.05) is 25.1 Å². The van der Waals surface area contributed by atoms with Gasteiger partial charge in [0.2, 0.25) is 0 Å². The highest BCUT2D eigenvalue weighted by molar-refractivity contribution is 5.25. The molecule has 0 aromatic heterocycles. The van der Waals surface area contributed by atoms with Gasteiger partial charge in [-0.25, -0.2) is 0 Å². The van der Waals surface area contributed by atoms with E-state index in [2.05, 4.69) is 26.0 Å². The van der Waals surface area contributed by atoms with Crippen LogP contribution in [0.15, 0.2) is 30.3 Å². The number of rotatable bonds is 4. The Hall–Kier alpha value is -0.820. The van der Waals surface area contributed by atoms with Crippen molar-refractivity contribution in [1.29, 1.82) is 0 Å². The molecule has 14 heavy (non-hydrogen) atoms. The molecule has 0 saturated heterocycles. The molecule has 0 spiro atoms. The Morgan fingerprint density at radius 3 is 2.21 bits per heavy atom. The number of aliphatic hydroxyl groups excluding tert-OH is 1. The van der Waals surface area contributed by atoms with E-state index in [9.17, 15) is 5.11 Å². The van der Waals surface area contributed by atoms with Gasteiger partial charge in [0, 0.05) is 5.41 Å². The maximum absolute atomic E-state index is 10.0. The Bertz CT molecular complexity index is 268. The van der Waals surface area contributed by atoms with Crippen molar-refractivity contribution in [3.63, 3.8) is 0 Å². The van der Waals surface area contributed by atoms with Crippen LogP contribution in [0.1, 0.15) is 39.2 Å². The molecule has 2 unspecified atom stereocenters. The van der Waals surface area contributed by atoms with Gasteiger partial charge in [-0.3, -0.25) is 0 Å². The number of aliphatic hydroxyl groups is 1. The number of hydrogen-bond acceptors (Lipinski definition) is 1. The van der Waals surface area contributed by atoms with E-state index in [0.29, 0.717) is 0 Å². The van der Waals surface area contributed by atoms with Crippen molar-refractivity contribution in [2.45, 2.75) is 45.1 Å². The molecule has 1 heteroatoms. The van der Waals surface area contributed by atoms with Crippen molar-refractivity contribution >= 4 is 0 Å². The van der Waals surface area contributed by atoms with Crippen molar-refractivity contribution in [3.05, 3.63) is 35.9 Å². The standard InChI is InChI=1S/C13H20O/c1-4-12(14)13(3,5-2)11-9-7-6-8-10-11/h6-10,12,14H,4-5H2,1-3H3. The van der Waals surface area contributed by atoms with Crippen LogP contribution < -0.4 is 0 Å². The van der Waals surface area contributed by atoms with Gasteiger partial charge in [-0.1, -0.05) is 51.1 Å². The SMILES string of the molecule is CCC(O)C(C)(CC)c1ccccc1. The molecule has 1 nitrogen and oxygen atoms in total. The molecule has 0 amide bonds. The zero-order valence-electron chi connectivity index (χ0n) is 9.33. The summed E-state index contributed by atoms with van der Waals surface area (Å²) in [5, 5.41) is 10.0. The smallest absolute Gasteiger partial charge is 0.0631 e. The summed E-state index contributed by atoms with van der Waals surface area (Å²) >= 11 is 0. The zero-order chi connectivity index (χ0) is 10.6. The van der Waals surface area contributed by atoms with Crippen LogP contribution in [-0.2, 0) is 5.41 Å². The van der Waals surface area contributed by atoms with E-state index in [4.69, 9.17) is 0 Å². The lowest BCUT2D eigenvalue weighted by atomic mass is 9.74. The molecule has 0 saturated carbocycles. The molecule has 0 aliphatic carbocycles. The molecule has 0 aliphatic heterocycles. The maximum atomic E-state index is 10.0. The quantitative estimate of drug-likeness (QED) is 0.777. The lowest BCUT2D eigenvalue weighted by molar-refractivity contribution is 0.0833. The average Bonchev–Trinajstić information content (AvgIpc) is 2.28. The monoisotopic (exact) mass is 192 g/mol. The Kier molecular flexibility index (Phi) is 3.70. The normalized spacial score (nSPS) is 17.4. The molecule has 0 bridgehead atoms. The second kappa shape index (κ2) is 4.61. The zero-order valence-corrected chi connectivity index (χ0v) is 9.33. The molecule has 1 N–H and O–H groups in total. The fraction of sp³-hybridized carbons (Fsp3) is 0.538. The highest BCUT2D eigenvalue weighted by atomic mass is 16.3. The first kappa shape index (κ1) is 11.3. The highest BCUT2D eigenvalue weighted by Gasteiger charge is 2.31. The molecule has 78 valence electrons. The number of benzene rings is 1. The first-order valence-electron chi connectivity index (χ1n) is 5.38. The average molecular weight is 192 g/mol. The molecule has 0 aliphatic rings. The minimum atomic E-state index is -0.255.